The SMILES string of the molecule is CCCCCCc1ccccc1CC(C)=O. The Morgan fingerprint density at radius 1 is 1.06 bits per heavy atom. The van der Waals surface area contributed by atoms with Gasteiger partial charge < -0.3 is 0 Å². The first-order valence-corrected chi connectivity index (χ1v) is 6.30. The summed E-state index contributed by atoms with van der Waals surface area (Å²) in [6.45, 7) is 3.89. The van der Waals surface area contributed by atoms with Crippen molar-refractivity contribution in [1.82, 2.24) is 0 Å². The third kappa shape index (κ3) is 4.61. The average Bonchev–Trinajstić information content (AvgIpc) is 2.26. The first-order chi connectivity index (χ1) is 7.74. The zero-order valence-corrected chi connectivity index (χ0v) is 10.5. The summed E-state index contributed by atoms with van der Waals surface area (Å²) in [6, 6.07) is 8.33. The van der Waals surface area contributed by atoms with Gasteiger partial charge in [0.15, 0.2) is 0 Å². The van der Waals surface area contributed by atoms with Gasteiger partial charge in [-0.1, -0.05) is 50.5 Å². The lowest BCUT2D eigenvalue weighted by atomic mass is 9.98. The summed E-state index contributed by atoms with van der Waals surface area (Å²) in [5, 5.41) is 0. The van der Waals surface area contributed by atoms with Gasteiger partial charge in [-0.15, -0.1) is 0 Å². The minimum absolute atomic E-state index is 0.251. The molecule has 0 bridgehead atoms. The zero-order valence-electron chi connectivity index (χ0n) is 10.5. The molecule has 0 unspecified atom stereocenters. The Hall–Kier alpha value is -1.11. The molecule has 1 rings (SSSR count). The lowest BCUT2D eigenvalue weighted by Gasteiger charge is -2.07. The van der Waals surface area contributed by atoms with Crippen LogP contribution in [0.5, 0.6) is 0 Å². The Balaban J connectivity index is 2.53. The number of carbonyl (C=O) groups is 1. The number of Topliss-reactive ketones (excluding diaryl/α,β-unsaturated/α-hetero) is 1. The maximum absolute atomic E-state index is 11.1. The van der Waals surface area contributed by atoms with Gasteiger partial charge in [0.2, 0.25) is 0 Å². The fourth-order valence-electron chi connectivity index (χ4n) is 1.98. The summed E-state index contributed by atoms with van der Waals surface area (Å²) in [7, 11) is 0. The van der Waals surface area contributed by atoms with E-state index in [9.17, 15) is 4.79 Å². The first kappa shape index (κ1) is 13.0. The summed E-state index contributed by atoms with van der Waals surface area (Å²) in [5.74, 6) is 0.251. The molecule has 0 aliphatic rings. The van der Waals surface area contributed by atoms with Crippen molar-refractivity contribution in [1.29, 1.82) is 0 Å². The minimum atomic E-state index is 0.251. The van der Waals surface area contributed by atoms with Crippen molar-refractivity contribution < 1.29 is 4.79 Å². The van der Waals surface area contributed by atoms with E-state index in [0.717, 1.165) is 6.42 Å². The van der Waals surface area contributed by atoms with E-state index in [-0.39, 0.29) is 5.78 Å². The lowest BCUT2D eigenvalue weighted by Crippen LogP contribution is -2.01. The van der Waals surface area contributed by atoms with Crippen LogP contribution in [-0.4, -0.2) is 5.78 Å². The first-order valence-electron chi connectivity index (χ1n) is 6.30. The van der Waals surface area contributed by atoms with Crippen molar-refractivity contribution in [2.45, 2.75) is 52.4 Å². The van der Waals surface area contributed by atoms with Crippen LogP contribution in [0.2, 0.25) is 0 Å². The van der Waals surface area contributed by atoms with Crippen molar-refractivity contribution in [3.63, 3.8) is 0 Å². The maximum atomic E-state index is 11.1. The highest BCUT2D eigenvalue weighted by Gasteiger charge is 2.03. The van der Waals surface area contributed by atoms with E-state index in [1.165, 1.54) is 36.8 Å². The van der Waals surface area contributed by atoms with Crippen molar-refractivity contribution in [3.05, 3.63) is 35.4 Å². The Bertz CT molecular complexity index is 328. The highest BCUT2D eigenvalue weighted by atomic mass is 16.1. The summed E-state index contributed by atoms with van der Waals surface area (Å²) >= 11 is 0. The molecule has 0 aliphatic carbocycles. The third-order valence-electron chi connectivity index (χ3n) is 2.86. The van der Waals surface area contributed by atoms with Crippen LogP contribution in [0.1, 0.15) is 50.7 Å². The van der Waals surface area contributed by atoms with Gasteiger partial charge in [0.1, 0.15) is 5.78 Å². The molecule has 1 nitrogen and oxygen atoms in total. The van der Waals surface area contributed by atoms with Crippen LogP contribution < -0.4 is 0 Å². The van der Waals surface area contributed by atoms with Crippen LogP contribution in [0.3, 0.4) is 0 Å². The second kappa shape index (κ2) is 7.21. The van der Waals surface area contributed by atoms with E-state index in [2.05, 4.69) is 25.1 Å². The number of carbonyl (C=O) groups excluding carboxylic acids is 1. The van der Waals surface area contributed by atoms with Gasteiger partial charge in [0.05, 0.1) is 0 Å². The topological polar surface area (TPSA) is 17.1 Å². The van der Waals surface area contributed by atoms with Gasteiger partial charge in [-0.3, -0.25) is 4.79 Å². The van der Waals surface area contributed by atoms with E-state index in [1.807, 2.05) is 6.07 Å². The maximum Gasteiger partial charge on any atom is 0.134 e. The van der Waals surface area contributed by atoms with E-state index < -0.39 is 0 Å². The molecule has 0 aliphatic heterocycles. The van der Waals surface area contributed by atoms with E-state index in [0.29, 0.717) is 6.42 Å². The van der Waals surface area contributed by atoms with Crippen LogP contribution in [0.4, 0.5) is 0 Å². The van der Waals surface area contributed by atoms with Crippen molar-refractivity contribution in [3.8, 4) is 0 Å². The Labute approximate surface area is 98.9 Å². The Kier molecular flexibility index (Phi) is 5.84. The normalized spacial score (nSPS) is 10.4. The number of unbranched alkanes of at least 4 members (excludes halogenated alkanes) is 3. The molecule has 1 aromatic carbocycles. The molecule has 0 fully saturated rings. The number of ketones is 1. The summed E-state index contributed by atoms with van der Waals surface area (Å²) in [5.41, 5.74) is 2.57. The molecule has 1 heteroatoms. The molecule has 0 aromatic heterocycles. The third-order valence-corrected chi connectivity index (χ3v) is 2.86. The second-order valence-corrected chi connectivity index (χ2v) is 4.46. The van der Waals surface area contributed by atoms with Gasteiger partial charge in [0.25, 0.3) is 0 Å². The van der Waals surface area contributed by atoms with Gasteiger partial charge >= 0.3 is 0 Å². The van der Waals surface area contributed by atoms with Gasteiger partial charge in [0, 0.05) is 6.42 Å². The van der Waals surface area contributed by atoms with Crippen LogP contribution in [-0.2, 0) is 17.6 Å². The highest BCUT2D eigenvalue weighted by molar-refractivity contribution is 5.78. The molecule has 0 saturated carbocycles. The summed E-state index contributed by atoms with van der Waals surface area (Å²) in [4.78, 5) is 11.1. The molecule has 0 spiro atoms. The number of hydrogen-bond donors (Lipinski definition) is 0. The fraction of sp³-hybridized carbons (Fsp3) is 0.533. The molecule has 0 N–H and O–H groups in total. The standard InChI is InChI=1S/C15H22O/c1-3-4-5-6-9-14-10-7-8-11-15(14)12-13(2)16/h7-8,10-11H,3-6,9,12H2,1-2H3. The molecule has 0 heterocycles. The van der Waals surface area contributed by atoms with E-state index >= 15 is 0 Å². The smallest absolute Gasteiger partial charge is 0.134 e. The minimum Gasteiger partial charge on any atom is -0.300 e. The molecule has 88 valence electrons. The van der Waals surface area contributed by atoms with Crippen molar-refractivity contribution in [2.24, 2.45) is 0 Å². The molecule has 1 aromatic rings. The van der Waals surface area contributed by atoms with Gasteiger partial charge in [-0.25, -0.2) is 0 Å². The van der Waals surface area contributed by atoms with Gasteiger partial charge in [-0.2, -0.15) is 0 Å². The molecule has 0 amide bonds. The fourth-order valence-corrected chi connectivity index (χ4v) is 1.98. The highest BCUT2D eigenvalue weighted by Crippen LogP contribution is 2.14. The van der Waals surface area contributed by atoms with Crippen LogP contribution in [0.25, 0.3) is 0 Å². The van der Waals surface area contributed by atoms with Crippen molar-refractivity contribution in [2.75, 3.05) is 0 Å². The molecule has 0 saturated heterocycles. The number of benzene rings is 1. The molecular weight excluding hydrogens is 196 g/mol. The summed E-state index contributed by atoms with van der Waals surface area (Å²) in [6.07, 6.45) is 6.82. The predicted octanol–water partition coefficient (Wildman–Crippen LogP) is 3.94. The Morgan fingerprint density at radius 3 is 2.38 bits per heavy atom. The second-order valence-electron chi connectivity index (χ2n) is 4.46. The average molecular weight is 218 g/mol. The number of aryl methyl sites for hydroxylation is 1. The number of rotatable bonds is 7. The van der Waals surface area contributed by atoms with Crippen LogP contribution in [0, 0.1) is 0 Å². The van der Waals surface area contributed by atoms with Crippen molar-refractivity contribution >= 4 is 5.78 Å². The van der Waals surface area contributed by atoms with E-state index in [1.54, 1.807) is 6.92 Å². The summed E-state index contributed by atoms with van der Waals surface area (Å²) < 4.78 is 0. The predicted molar refractivity (Wildman–Crippen MR) is 68.7 cm³/mol. The molecular formula is C15H22O. The van der Waals surface area contributed by atoms with E-state index in [4.69, 9.17) is 0 Å². The molecule has 0 radical (unpaired) electrons. The molecule has 0 atom stereocenters. The quantitative estimate of drug-likeness (QED) is 0.633. The zero-order chi connectivity index (χ0) is 11.8. The number of hydrogen-bond acceptors (Lipinski definition) is 1. The van der Waals surface area contributed by atoms with Crippen LogP contribution >= 0.6 is 0 Å². The monoisotopic (exact) mass is 218 g/mol. The molecule has 16 heavy (non-hydrogen) atoms. The van der Waals surface area contributed by atoms with Gasteiger partial charge in [-0.05, 0) is 30.9 Å². The lowest BCUT2D eigenvalue weighted by molar-refractivity contribution is -0.116. The Morgan fingerprint density at radius 2 is 1.75 bits per heavy atom. The van der Waals surface area contributed by atoms with Crippen LogP contribution in [0.15, 0.2) is 24.3 Å². The largest absolute Gasteiger partial charge is 0.300 e.